The van der Waals surface area contributed by atoms with E-state index in [0.717, 1.165) is 15.4 Å². The van der Waals surface area contributed by atoms with Gasteiger partial charge in [0.25, 0.3) is 20.0 Å². The Hall–Kier alpha value is -4.06. The average molecular weight is 614 g/mol. The number of ether oxygens (including phenoxy) is 1. The lowest BCUT2D eigenvalue weighted by Crippen LogP contribution is -2.38. The number of nitrogens with one attached hydrogen (secondary N) is 2. The van der Waals surface area contributed by atoms with Gasteiger partial charge in [-0.25, -0.2) is 16.8 Å². The van der Waals surface area contributed by atoms with Crippen molar-refractivity contribution in [3.8, 4) is 5.75 Å². The number of hydrogen-bond donors (Lipinski definition) is 2. The molecule has 0 fully saturated rings. The minimum atomic E-state index is -4.10. The molecule has 0 bridgehead atoms. The zero-order chi connectivity index (χ0) is 29.8. The Labute approximate surface area is 244 Å². The third kappa shape index (κ3) is 7.18. The van der Waals surface area contributed by atoms with Crippen molar-refractivity contribution in [2.24, 2.45) is 0 Å². The van der Waals surface area contributed by atoms with Gasteiger partial charge in [0, 0.05) is 10.7 Å². The molecular weight excluding hydrogens is 586 g/mol. The van der Waals surface area contributed by atoms with E-state index in [0.29, 0.717) is 16.5 Å². The molecule has 4 aromatic carbocycles. The smallest absolute Gasteiger partial charge is 0.264 e. The zero-order valence-electron chi connectivity index (χ0n) is 22.5. The third-order valence-corrected chi connectivity index (χ3v) is 9.48. The van der Waals surface area contributed by atoms with Gasteiger partial charge in [0.05, 0.1) is 28.3 Å². The van der Waals surface area contributed by atoms with Crippen LogP contribution in [0.15, 0.2) is 101 Å². The molecule has 0 unspecified atom stereocenters. The van der Waals surface area contributed by atoms with Crippen LogP contribution in [0, 0.1) is 13.8 Å². The number of halogens is 1. The molecule has 41 heavy (non-hydrogen) atoms. The SMILES string of the molecule is COc1ccc(C)cc1NS(=O)(=O)c1ccc(NC(=O)CN(c2ccc(Cl)cc2)S(=O)(=O)c2ccc(C)cc2)cc1. The van der Waals surface area contributed by atoms with Gasteiger partial charge < -0.3 is 10.1 Å². The zero-order valence-corrected chi connectivity index (χ0v) is 24.8. The normalized spacial score (nSPS) is 11.5. The third-order valence-electron chi connectivity index (χ3n) is 6.06. The van der Waals surface area contributed by atoms with Crippen molar-refractivity contribution in [3.05, 3.63) is 107 Å². The van der Waals surface area contributed by atoms with Crippen molar-refractivity contribution in [2.75, 3.05) is 28.0 Å². The van der Waals surface area contributed by atoms with E-state index in [9.17, 15) is 21.6 Å². The van der Waals surface area contributed by atoms with Crippen LogP contribution in [0.3, 0.4) is 0 Å². The highest BCUT2D eigenvalue weighted by atomic mass is 35.5. The highest BCUT2D eigenvalue weighted by Gasteiger charge is 2.27. The predicted octanol–water partition coefficient (Wildman–Crippen LogP) is 5.60. The second-order valence-electron chi connectivity index (χ2n) is 9.18. The van der Waals surface area contributed by atoms with Crippen molar-refractivity contribution in [1.82, 2.24) is 0 Å². The molecule has 1 amide bonds. The number of aryl methyl sites for hydroxylation is 2. The van der Waals surface area contributed by atoms with E-state index < -0.39 is 32.5 Å². The summed E-state index contributed by atoms with van der Waals surface area (Å²) in [7, 11) is -6.62. The fourth-order valence-electron chi connectivity index (χ4n) is 3.91. The summed E-state index contributed by atoms with van der Waals surface area (Å²) < 4.78 is 61.7. The second kappa shape index (κ2) is 12.2. The molecule has 12 heteroatoms. The fraction of sp³-hybridized carbons (Fsp3) is 0.138. The van der Waals surface area contributed by atoms with Gasteiger partial charge in [-0.1, -0.05) is 35.4 Å². The Morgan fingerprint density at radius 1 is 0.805 bits per heavy atom. The highest BCUT2D eigenvalue weighted by molar-refractivity contribution is 7.93. The van der Waals surface area contributed by atoms with Gasteiger partial charge in [-0.2, -0.15) is 0 Å². The first-order chi connectivity index (χ1) is 19.4. The lowest BCUT2D eigenvalue weighted by molar-refractivity contribution is -0.114. The molecule has 0 aromatic heterocycles. The van der Waals surface area contributed by atoms with Crippen LogP contribution in [0.4, 0.5) is 17.1 Å². The first-order valence-corrected chi connectivity index (χ1v) is 15.6. The van der Waals surface area contributed by atoms with E-state index in [2.05, 4.69) is 10.0 Å². The molecule has 0 saturated carbocycles. The summed E-state index contributed by atoms with van der Waals surface area (Å²) in [5.74, 6) is -0.261. The van der Waals surface area contributed by atoms with Gasteiger partial charge in [0.1, 0.15) is 12.3 Å². The first-order valence-electron chi connectivity index (χ1n) is 12.3. The van der Waals surface area contributed by atoms with E-state index in [-0.39, 0.29) is 21.2 Å². The fourth-order valence-corrected chi connectivity index (χ4v) is 6.52. The highest BCUT2D eigenvalue weighted by Crippen LogP contribution is 2.29. The van der Waals surface area contributed by atoms with Gasteiger partial charge in [-0.15, -0.1) is 0 Å². The van der Waals surface area contributed by atoms with Crippen LogP contribution in [0.2, 0.25) is 5.02 Å². The number of sulfonamides is 2. The second-order valence-corrected chi connectivity index (χ2v) is 13.2. The molecule has 0 atom stereocenters. The molecule has 0 aliphatic heterocycles. The molecule has 4 rings (SSSR count). The molecule has 0 heterocycles. The van der Waals surface area contributed by atoms with Crippen LogP contribution in [-0.2, 0) is 24.8 Å². The molecule has 9 nitrogen and oxygen atoms in total. The maximum atomic E-state index is 13.5. The number of methoxy groups -OCH3 is 1. The summed E-state index contributed by atoms with van der Waals surface area (Å²) in [6.45, 7) is 3.13. The molecule has 0 radical (unpaired) electrons. The number of carbonyl (C=O) groups is 1. The van der Waals surface area contributed by atoms with Crippen LogP contribution in [0.5, 0.6) is 5.75 Å². The monoisotopic (exact) mass is 613 g/mol. The number of benzene rings is 4. The summed E-state index contributed by atoms with van der Waals surface area (Å²) in [6, 6.07) is 23.0. The van der Waals surface area contributed by atoms with Gasteiger partial charge in [-0.3, -0.25) is 13.8 Å². The van der Waals surface area contributed by atoms with E-state index in [4.69, 9.17) is 16.3 Å². The van der Waals surface area contributed by atoms with Gasteiger partial charge >= 0.3 is 0 Å². The van der Waals surface area contributed by atoms with Crippen LogP contribution < -0.4 is 19.1 Å². The molecular formula is C29H28ClN3O6S2. The van der Waals surface area contributed by atoms with E-state index in [1.54, 1.807) is 30.3 Å². The van der Waals surface area contributed by atoms with Crippen LogP contribution in [-0.4, -0.2) is 36.4 Å². The molecule has 0 saturated heterocycles. The number of anilines is 3. The lowest BCUT2D eigenvalue weighted by Gasteiger charge is -2.24. The summed E-state index contributed by atoms with van der Waals surface area (Å²) in [5.41, 5.74) is 2.56. The first kappa shape index (κ1) is 29.9. The minimum absolute atomic E-state index is 0.0261. The van der Waals surface area contributed by atoms with Crippen molar-refractivity contribution < 1.29 is 26.4 Å². The number of rotatable bonds is 10. The van der Waals surface area contributed by atoms with Crippen molar-refractivity contribution in [3.63, 3.8) is 0 Å². The maximum absolute atomic E-state index is 13.5. The summed E-state index contributed by atoms with van der Waals surface area (Å²) in [6.07, 6.45) is 0. The Kier molecular flexibility index (Phi) is 8.91. The Balaban J connectivity index is 1.53. The van der Waals surface area contributed by atoms with E-state index >= 15 is 0 Å². The van der Waals surface area contributed by atoms with Crippen LogP contribution in [0.25, 0.3) is 0 Å². The molecule has 2 N–H and O–H groups in total. The Bertz CT molecular complexity index is 1760. The molecule has 0 aliphatic carbocycles. The molecule has 0 aliphatic rings. The van der Waals surface area contributed by atoms with Crippen LogP contribution in [0.1, 0.15) is 11.1 Å². The average Bonchev–Trinajstić information content (AvgIpc) is 2.93. The topological polar surface area (TPSA) is 122 Å². The minimum Gasteiger partial charge on any atom is -0.495 e. The summed E-state index contributed by atoms with van der Waals surface area (Å²) in [4.78, 5) is 13.0. The number of amides is 1. The van der Waals surface area contributed by atoms with Gasteiger partial charge in [0.2, 0.25) is 5.91 Å². The van der Waals surface area contributed by atoms with Gasteiger partial charge in [-0.05, 0) is 92.2 Å². The Morgan fingerprint density at radius 2 is 1.39 bits per heavy atom. The Morgan fingerprint density at radius 3 is 2.00 bits per heavy atom. The summed E-state index contributed by atoms with van der Waals surface area (Å²) in [5, 5.41) is 3.05. The van der Waals surface area contributed by atoms with E-state index in [1.807, 2.05) is 13.8 Å². The lowest BCUT2D eigenvalue weighted by atomic mass is 10.2. The van der Waals surface area contributed by atoms with Crippen molar-refractivity contribution >= 4 is 54.6 Å². The number of carbonyl (C=O) groups excluding carboxylic acids is 1. The van der Waals surface area contributed by atoms with E-state index in [1.165, 1.54) is 67.8 Å². The predicted molar refractivity (Wildman–Crippen MR) is 161 cm³/mol. The summed E-state index contributed by atoms with van der Waals surface area (Å²) >= 11 is 5.99. The van der Waals surface area contributed by atoms with Crippen molar-refractivity contribution in [1.29, 1.82) is 0 Å². The van der Waals surface area contributed by atoms with Crippen molar-refractivity contribution in [2.45, 2.75) is 23.6 Å². The number of hydrogen-bond acceptors (Lipinski definition) is 6. The quantitative estimate of drug-likeness (QED) is 0.240. The standard InChI is InChI=1S/C29H28ClN3O6S2/c1-20-4-13-26(14-5-20)41(37,38)33(24-11-7-22(30)8-12-24)19-29(34)31-23-9-15-25(16-10-23)40(35,36)32-27-18-21(2)6-17-28(27)39-3/h4-18,32H,19H2,1-3H3,(H,31,34). The maximum Gasteiger partial charge on any atom is 0.264 e. The molecule has 4 aromatic rings. The van der Waals surface area contributed by atoms with Crippen LogP contribution >= 0.6 is 11.6 Å². The largest absolute Gasteiger partial charge is 0.495 e. The van der Waals surface area contributed by atoms with Gasteiger partial charge in [0.15, 0.2) is 0 Å². The molecule has 214 valence electrons. The number of nitrogens with zero attached hydrogens (tertiary/aromatic N) is 1. The molecule has 0 spiro atoms.